The number of aliphatic hydroxyl groups is 1. The van der Waals surface area contributed by atoms with Crippen molar-refractivity contribution in [1.29, 1.82) is 0 Å². The van der Waals surface area contributed by atoms with E-state index in [0.29, 0.717) is 23.2 Å². The molecule has 8 heteroatoms. The predicted molar refractivity (Wildman–Crippen MR) is 137 cm³/mol. The minimum Gasteiger partial charge on any atom is -0.463 e. The van der Waals surface area contributed by atoms with Crippen LogP contribution in [0.5, 0.6) is 0 Å². The lowest BCUT2D eigenvalue weighted by Gasteiger charge is -2.27. The molecular weight excluding hydrogens is 488 g/mol. The number of carbonyl (C=O) groups excluding carboxylic acids is 1. The van der Waals surface area contributed by atoms with Crippen LogP contribution in [0.4, 0.5) is 8.78 Å². The highest BCUT2D eigenvalue weighted by Gasteiger charge is 2.27. The lowest BCUT2D eigenvalue weighted by atomic mass is 10.0. The van der Waals surface area contributed by atoms with Gasteiger partial charge in [0.15, 0.2) is 0 Å². The van der Waals surface area contributed by atoms with Gasteiger partial charge in [-0.1, -0.05) is 23.7 Å². The Kier molecular flexibility index (Phi) is 10.4. The van der Waals surface area contributed by atoms with Gasteiger partial charge in [-0.25, -0.2) is 13.6 Å². The van der Waals surface area contributed by atoms with Crippen LogP contribution in [0.1, 0.15) is 55.0 Å². The van der Waals surface area contributed by atoms with Crippen molar-refractivity contribution in [2.24, 2.45) is 0 Å². The fraction of sp³-hybridized carbons (Fsp3) is 0.464. The number of likely N-dealkylation sites (tertiary alicyclic amines) is 1. The largest absolute Gasteiger partial charge is 0.463 e. The highest BCUT2D eigenvalue weighted by Crippen LogP contribution is 2.29. The van der Waals surface area contributed by atoms with E-state index in [2.05, 4.69) is 4.90 Å². The molecule has 1 aliphatic rings. The first kappa shape index (κ1) is 28.3. The van der Waals surface area contributed by atoms with Crippen LogP contribution in [-0.2, 0) is 20.7 Å². The van der Waals surface area contributed by atoms with Gasteiger partial charge in [-0.15, -0.1) is 0 Å². The Bertz CT molecular complexity index is 1080. The second-order valence-electron chi connectivity index (χ2n) is 9.19. The Morgan fingerprint density at radius 2 is 2.06 bits per heavy atom. The van der Waals surface area contributed by atoms with E-state index in [-0.39, 0.29) is 30.1 Å². The summed E-state index contributed by atoms with van der Waals surface area (Å²) in [6, 6.07) is 8.29. The lowest BCUT2D eigenvalue weighted by Crippen LogP contribution is -2.39. The van der Waals surface area contributed by atoms with Crippen LogP contribution in [0.2, 0.25) is 5.02 Å². The molecule has 0 amide bonds. The summed E-state index contributed by atoms with van der Waals surface area (Å²) in [5.74, 6) is -1.34. The monoisotopic (exact) mass is 521 g/mol. The fourth-order valence-electron chi connectivity index (χ4n) is 4.49. The molecule has 1 fully saturated rings. The van der Waals surface area contributed by atoms with Crippen molar-refractivity contribution in [1.82, 2.24) is 4.90 Å². The molecule has 0 bridgehead atoms. The molecule has 0 saturated carbocycles. The molecule has 0 aliphatic carbocycles. The van der Waals surface area contributed by atoms with Crippen LogP contribution in [-0.4, -0.2) is 54.4 Å². The maximum Gasteiger partial charge on any atom is 0.330 e. The van der Waals surface area contributed by atoms with Gasteiger partial charge in [0.25, 0.3) is 0 Å². The zero-order valence-corrected chi connectivity index (χ0v) is 21.7. The van der Waals surface area contributed by atoms with Crippen molar-refractivity contribution in [3.8, 4) is 0 Å². The zero-order valence-electron chi connectivity index (χ0n) is 21.0. The number of β-amino-alcohol motifs (C(OH)–C–C–N with tert-alkyl or cyclic N) is 1. The van der Waals surface area contributed by atoms with Crippen molar-refractivity contribution in [2.45, 2.75) is 58.3 Å². The molecule has 1 saturated heterocycles. The average molecular weight is 522 g/mol. The molecule has 1 heterocycles. The Labute approximate surface area is 216 Å². The minimum absolute atomic E-state index is 0.0539. The summed E-state index contributed by atoms with van der Waals surface area (Å²) in [6.07, 6.45) is 4.18. The van der Waals surface area contributed by atoms with Crippen molar-refractivity contribution in [3.05, 3.63) is 75.3 Å². The van der Waals surface area contributed by atoms with Crippen LogP contribution >= 0.6 is 11.6 Å². The second-order valence-corrected chi connectivity index (χ2v) is 9.60. The molecule has 0 radical (unpaired) electrons. The summed E-state index contributed by atoms with van der Waals surface area (Å²) in [5, 5.41) is 10.6. The number of halogens is 3. The number of esters is 1. The van der Waals surface area contributed by atoms with Gasteiger partial charge in [-0.2, -0.15) is 0 Å². The van der Waals surface area contributed by atoms with E-state index in [1.807, 2.05) is 6.07 Å². The molecule has 0 aromatic heterocycles. The lowest BCUT2D eigenvalue weighted by molar-refractivity contribution is -0.137. The number of nitrogens with zero attached hydrogens (tertiary/aromatic N) is 1. The number of carbonyl (C=O) groups is 1. The number of aliphatic hydroxyl groups excluding tert-OH is 1. The van der Waals surface area contributed by atoms with E-state index in [1.54, 1.807) is 32.9 Å². The van der Waals surface area contributed by atoms with Crippen molar-refractivity contribution < 1.29 is 28.2 Å². The van der Waals surface area contributed by atoms with Crippen LogP contribution < -0.4 is 0 Å². The quantitative estimate of drug-likeness (QED) is 0.306. The third-order valence-corrected chi connectivity index (χ3v) is 6.73. The van der Waals surface area contributed by atoms with Crippen LogP contribution in [0.25, 0.3) is 6.08 Å². The molecule has 36 heavy (non-hydrogen) atoms. The standard InChI is InChI=1S/C28H34ClF2NO4/c1-4-35-28(34)10-9-21-14-27(31)25(29)15-24(21)19(3)36-17-23(33)16-32-11-5-6-22(32)12-20-8-7-18(2)26(30)13-20/h7-10,13-15,19,22-23,33H,4-6,11-12,16-17H2,1-3H3/t19-,22+,23-/m1/s1. The highest BCUT2D eigenvalue weighted by molar-refractivity contribution is 6.30. The first-order chi connectivity index (χ1) is 17.2. The van der Waals surface area contributed by atoms with Crippen LogP contribution in [0.15, 0.2) is 36.4 Å². The third-order valence-electron chi connectivity index (χ3n) is 6.44. The number of rotatable bonds is 11. The number of hydrogen-bond donors (Lipinski definition) is 1. The number of benzene rings is 2. The van der Waals surface area contributed by atoms with Gasteiger partial charge in [0, 0.05) is 18.7 Å². The molecule has 0 unspecified atom stereocenters. The Hall–Kier alpha value is -2.32. The second kappa shape index (κ2) is 13.3. The summed E-state index contributed by atoms with van der Waals surface area (Å²) < 4.78 is 38.8. The van der Waals surface area contributed by atoms with Crippen LogP contribution in [0, 0.1) is 18.6 Å². The molecule has 5 nitrogen and oxygen atoms in total. The van der Waals surface area contributed by atoms with E-state index in [1.165, 1.54) is 24.3 Å². The highest BCUT2D eigenvalue weighted by atomic mass is 35.5. The molecule has 1 aliphatic heterocycles. The number of ether oxygens (including phenoxy) is 2. The molecule has 3 rings (SSSR count). The minimum atomic E-state index is -0.739. The Morgan fingerprint density at radius 3 is 2.78 bits per heavy atom. The predicted octanol–water partition coefficient (Wildman–Crippen LogP) is 5.65. The van der Waals surface area contributed by atoms with Gasteiger partial charge in [0.1, 0.15) is 11.6 Å². The number of hydrogen-bond acceptors (Lipinski definition) is 5. The summed E-state index contributed by atoms with van der Waals surface area (Å²) in [7, 11) is 0. The van der Waals surface area contributed by atoms with Gasteiger partial charge < -0.3 is 14.6 Å². The topological polar surface area (TPSA) is 59.0 Å². The molecule has 2 aromatic rings. The van der Waals surface area contributed by atoms with Gasteiger partial charge in [-0.3, -0.25) is 4.90 Å². The average Bonchev–Trinajstić information content (AvgIpc) is 3.26. The van der Waals surface area contributed by atoms with Gasteiger partial charge >= 0.3 is 5.97 Å². The maximum atomic E-state index is 14.1. The number of aryl methyl sites for hydroxylation is 1. The van der Waals surface area contributed by atoms with Crippen molar-refractivity contribution >= 4 is 23.6 Å². The Balaban J connectivity index is 1.59. The first-order valence-corrected chi connectivity index (χ1v) is 12.7. The first-order valence-electron chi connectivity index (χ1n) is 12.3. The van der Waals surface area contributed by atoms with Crippen LogP contribution in [0.3, 0.4) is 0 Å². The van der Waals surface area contributed by atoms with Crippen molar-refractivity contribution in [2.75, 3.05) is 26.3 Å². The van der Waals surface area contributed by atoms with E-state index in [0.717, 1.165) is 31.4 Å². The fourth-order valence-corrected chi connectivity index (χ4v) is 4.66. The van der Waals surface area contributed by atoms with Gasteiger partial charge in [-0.05, 0) is 93.1 Å². The molecule has 196 valence electrons. The SMILES string of the molecule is CCOC(=O)C=Cc1cc(F)c(Cl)cc1[C@@H](C)OC[C@H](O)CN1CCC[C@H]1Cc1ccc(C)c(F)c1. The summed E-state index contributed by atoms with van der Waals surface area (Å²) in [6.45, 7) is 6.84. The molecule has 3 atom stereocenters. The molecular formula is C28H34ClF2NO4. The summed E-state index contributed by atoms with van der Waals surface area (Å²) >= 11 is 5.99. The van der Waals surface area contributed by atoms with E-state index in [4.69, 9.17) is 21.1 Å². The molecule has 2 aromatic carbocycles. The maximum absolute atomic E-state index is 14.1. The van der Waals surface area contributed by atoms with Gasteiger partial charge in [0.2, 0.25) is 0 Å². The van der Waals surface area contributed by atoms with E-state index >= 15 is 0 Å². The normalized spacial score (nSPS) is 18.0. The summed E-state index contributed by atoms with van der Waals surface area (Å²) in [5.41, 5.74) is 2.61. The Morgan fingerprint density at radius 1 is 1.28 bits per heavy atom. The van der Waals surface area contributed by atoms with Crippen molar-refractivity contribution in [3.63, 3.8) is 0 Å². The van der Waals surface area contributed by atoms with E-state index < -0.39 is 24.0 Å². The van der Waals surface area contributed by atoms with Gasteiger partial charge in [0.05, 0.1) is 30.4 Å². The zero-order chi connectivity index (χ0) is 26.2. The van der Waals surface area contributed by atoms with E-state index in [9.17, 15) is 18.7 Å². The summed E-state index contributed by atoms with van der Waals surface area (Å²) in [4.78, 5) is 13.9. The molecule has 1 N–H and O–H groups in total. The third kappa shape index (κ3) is 7.84. The smallest absolute Gasteiger partial charge is 0.330 e. The molecule has 0 spiro atoms.